The zero-order valence-corrected chi connectivity index (χ0v) is 29.0. The van der Waals surface area contributed by atoms with Crippen LogP contribution in [0.3, 0.4) is 0 Å². The minimum absolute atomic E-state index is 0.119. The summed E-state index contributed by atoms with van der Waals surface area (Å²) in [6.07, 6.45) is 6.13. The fraction of sp³-hybridized carbons (Fsp3) is 0.0909. The molecule has 1 aromatic heterocycles. The molecule has 238 valence electrons. The van der Waals surface area contributed by atoms with Gasteiger partial charge in [0.15, 0.2) is 0 Å². The Morgan fingerprint density at radius 3 is 2.42 bits per heavy atom. The average molecular weight is 710 g/mol. The topological polar surface area (TPSA) is 28.9 Å². The van der Waals surface area contributed by atoms with Crippen LogP contribution in [0.5, 0.6) is 5.75 Å². The van der Waals surface area contributed by atoms with E-state index in [0.29, 0.717) is 0 Å². The van der Waals surface area contributed by atoms with Crippen molar-refractivity contribution in [1.82, 2.24) is 0 Å². The van der Waals surface area contributed by atoms with Crippen LogP contribution in [0.15, 0.2) is 156 Å². The first kappa shape index (κ1) is 28.4. The molecule has 0 saturated carbocycles. The van der Waals surface area contributed by atoms with E-state index in [2.05, 4.69) is 143 Å². The van der Waals surface area contributed by atoms with Crippen LogP contribution in [0.2, 0.25) is 0 Å². The molecule has 0 N–H and O–H groups in total. The van der Waals surface area contributed by atoms with Gasteiger partial charge in [-0.15, -0.1) is 0 Å². The van der Waals surface area contributed by atoms with Crippen molar-refractivity contribution >= 4 is 86.4 Å². The van der Waals surface area contributed by atoms with Crippen molar-refractivity contribution in [2.75, 3.05) is 9.80 Å². The number of hydrogen-bond acceptors (Lipinski definition) is 4. The second-order valence-corrected chi connectivity index (χ2v) is 15.8. The van der Waals surface area contributed by atoms with Gasteiger partial charge in [-0.2, -0.15) is 0 Å². The van der Waals surface area contributed by atoms with Crippen molar-refractivity contribution in [2.45, 2.75) is 25.7 Å². The minimum atomic E-state index is 0.119. The van der Waals surface area contributed by atoms with Crippen LogP contribution >= 0.6 is 0 Å². The Hall–Kier alpha value is -5.42. The van der Waals surface area contributed by atoms with Crippen LogP contribution < -0.4 is 39.8 Å². The van der Waals surface area contributed by atoms with Gasteiger partial charge >= 0.3 is 299 Å². The Balaban J connectivity index is 1.15. The van der Waals surface area contributed by atoms with Crippen molar-refractivity contribution in [3.63, 3.8) is 0 Å². The summed E-state index contributed by atoms with van der Waals surface area (Å²) in [4.78, 5) is 4.98. The van der Waals surface area contributed by atoms with E-state index >= 15 is 0 Å². The van der Waals surface area contributed by atoms with Crippen LogP contribution in [0.4, 0.5) is 28.4 Å². The quantitative estimate of drug-likeness (QED) is 0.176. The van der Waals surface area contributed by atoms with E-state index in [-0.39, 0.29) is 21.7 Å². The second kappa shape index (κ2) is 11.0. The molecule has 0 bridgehead atoms. The Morgan fingerprint density at radius 2 is 1.46 bits per heavy atom. The summed E-state index contributed by atoms with van der Waals surface area (Å²) in [6.45, 7) is 0.119. The summed E-state index contributed by atoms with van der Waals surface area (Å²) in [5.41, 5.74) is 14.7. The van der Waals surface area contributed by atoms with Crippen LogP contribution in [0, 0.1) is 0 Å². The fourth-order valence-electron chi connectivity index (χ4n) is 8.56. The first-order chi connectivity index (χ1) is 24.8. The van der Waals surface area contributed by atoms with E-state index in [4.69, 9.17) is 9.15 Å². The molecular formula is C44H31BN2O2Se. The number of hydrogen-bond donors (Lipinski definition) is 0. The molecule has 11 rings (SSSR count). The van der Waals surface area contributed by atoms with Crippen molar-refractivity contribution in [1.29, 1.82) is 0 Å². The van der Waals surface area contributed by atoms with Gasteiger partial charge in [0.2, 0.25) is 0 Å². The number of fused-ring (bicyclic) bond motifs is 6. The molecule has 0 unspecified atom stereocenters. The molecule has 50 heavy (non-hydrogen) atoms. The monoisotopic (exact) mass is 710 g/mol. The zero-order chi connectivity index (χ0) is 32.8. The van der Waals surface area contributed by atoms with E-state index in [9.17, 15) is 0 Å². The van der Waals surface area contributed by atoms with Crippen molar-refractivity contribution < 1.29 is 9.15 Å². The third-order valence-corrected chi connectivity index (χ3v) is 13.2. The Labute approximate surface area is 297 Å². The van der Waals surface area contributed by atoms with E-state index in [0.717, 1.165) is 46.6 Å². The van der Waals surface area contributed by atoms with E-state index in [1.165, 1.54) is 72.2 Å². The van der Waals surface area contributed by atoms with Crippen molar-refractivity contribution in [2.24, 2.45) is 0 Å². The molecule has 7 aromatic rings. The van der Waals surface area contributed by atoms with Gasteiger partial charge in [-0.25, -0.2) is 0 Å². The van der Waals surface area contributed by atoms with Crippen LogP contribution in [0.1, 0.15) is 25.7 Å². The standard InChI is InChI=1S/C44H31BN2O2Se/c1-2-11-30(12-3-1)46-37-16-9-19-42-43(37)45(34-26-29(20-23-41(34)50-42)32-13-8-10-28-24-25-48-44(28)32)33-22-21-31(27-38(33)46)47-35-14-4-6-17-39(35)49-40-18-7-5-15-36(40)47/h1-4,6,8-14,16-17,19-27H,5,7,15,18H2. The van der Waals surface area contributed by atoms with Crippen LogP contribution in [-0.4, -0.2) is 21.7 Å². The van der Waals surface area contributed by atoms with Gasteiger partial charge in [-0.3, -0.25) is 0 Å². The molecule has 0 amide bonds. The number of rotatable bonds is 3. The van der Waals surface area contributed by atoms with Gasteiger partial charge in [0.05, 0.1) is 0 Å². The number of allylic oxidation sites excluding steroid dienone is 2. The van der Waals surface area contributed by atoms with E-state index in [1.54, 1.807) is 6.26 Å². The maximum absolute atomic E-state index is 6.52. The van der Waals surface area contributed by atoms with Gasteiger partial charge in [0.1, 0.15) is 0 Å². The molecule has 4 aliphatic rings. The molecule has 4 nitrogen and oxygen atoms in total. The molecule has 0 saturated heterocycles. The molecule has 6 aromatic carbocycles. The summed E-state index contributed by atoms with van der Waals surface area (Å²) in [5.74, 6) is 2.05. The van der Waals surface area contributed by atoms with Crippen LogP contribution in [-0.2, 0) is 0 Å². The molecule has 0 spiro atoms. The first-order valence-electron chi connectivity index (χ1n) is 17.5. The fourth-order valence-corrected chi connectivity index (χ4v) is 11.0. The maximum atomic E-state index is 6.52. The summed E-state index contributed by atoms with van der Waals surface area (Å²) in [6, 6.07) is 49.2. The third-order valence-electron chi connectivity index (χ3n) is 10.7. The summed E-state index contributed by atoms with van der Waals surface area (Å²) in [7, 11) is 0. The Bertz CT molecular complexity index is 2540. The normalized spacial score (nSPS) is 15.6. The van der Waals surface area contributed by atoms with Crippen LogP contribution in [0.25, 0.3) is 22.1 Å². The summed E-state index contributed by atoms with van der Waals surface area (Å²) < 4.78 is 15.5. The predicted molar refractivity (Wildman–Crippen MR) is 207 cm³/mol. The predicted octanol–water partition coefficient (Wildman–Crippen LogP) is 7.68. The molecular weight excluding hydrogens is 678 g/mol. The van der Waals surface area contributed by atoms with E-state index in [1.807, 2.05) is 0 Å². The average Bonchev–Trinajstić information content (AvgIpc) is 3.66. The molecule has 0 fully saturated rings. The number of nitrogens with zero attached hydrogens (tertiary/aromatic N) is 2. The van der Waals surface area contributed by atoms with E-state index < -0.39 is 0 Å². The number of benzene rings is 6. The van der Waals surface area contributed by atoms with Crippen molar-refractivity contribution in [3.8, 4) is 16.9 Å². The van der Waals surface area contributed by atoms with Crippen molar-refractivity contribution in [3.05, 3.63) is 151 Å². The van der Waals surface area contributed by atoms with Gasteiger partial charge < -0.3 is 0 Å². The Morgan fingerprint density at radius 1 is 0.600 bits per heavy atom. The Kier molecular flexibility index (Phi) is 6.28. The van der Waals surface area contributed by atoms with Gasteiger partial charge in [-0.05, 0) is 0 Å². The zero-order valence-electron chi connectivity index (χ0n) is 27.3. The molecule has 0 atom stereocenters. The number of furan rings is 1. The number of ether oxygens (including phenoxy) is 1. The molecule has 3 aliphatic heterocycles. The molecule has 1 aliphatic carbocycles. The first-order valence-corrected chi connectivity index (χ1v) is 19.2. The molecule has 4 heterocycles. The SMILES string of the molecule is c1ccc(N2c3cc(N4C5=C(CCCC5)Oc5ccccc54)ccc3B3c4cc(-c5cccc6ccoc56)ccc4[Se]c4cccc2c43)cc1. The molecule has 0 radical (unpaired) electrons. The van der Waals surface area contributed by atoms with Gasteiger partial charge in [0, 0.05) is 0 Å². The number of anilines is 5. The van der Waals surface area contributed by atoms with Gasteiger partial charge in [-0.1, -0.05) is 0 Å². The third kappa shape index (κ3) is 4.19. The molecule has 6 heteroatoms. The number of para-hydroxylation sites is 4. The van der Waals surface area contributed by atoms with Gasteiger partial charge in [0.25, 0.3) is 0 Å². The summed E-state index contributed by atoms with van der Waals surface area (Å²) >= 11 is 0.188. The summed E-state index contributed by atoms with van der Waals surface area (Å²) in [5, 5.41) is 1.13. The second-order valence-electron chi connectivity index (χ2n) is 13.5.